The number of amides is 10. The third-order valence-electron chi connectivity index (χ3n) is 16.4. The van der Waals surface area contributed by atoms with Crippen molar-refractivity contribution in [1.82, 2.24) is 46.6 Å². The average Bonchev–Trinajstić information content (AvgIpc) is 1.87. The van der Waals surface area contributed by atoms with E-state index in [1.54, 1.807) is 32.6 Å². The van der Waals surface area contributed by atoms with Gasteiger partial charge < -0.3 is 74.0 Å². The molecule has 0 unspecified atom stereocenters. The molecule has 26 heteroatoms. The van der Waals surface area contributed by atoms with E-state index in [9.17, 15) is 63.0 Å². The highest BCUT2D eigenvalue weighted by atomic mass is 16.4. The molecule has 0 bridgehead atoms. The van der Waals surface area contributed by atoms with Crippen LogP contribution >= 0.6 is 0 Å². The zero-order valence-corrected chi connectivity index (χ0v) is 54.1. The number of nitrogens with two attached hydrogens (primary N) is 3. The molecular formula is C63H105N13O13. The van der Waals surface area contributed by atoms with Crippen LogP contribution in [-0.2, 0) is 59.2 Å². The molecule has 2 aliphatic heterocycles. The van der Waals surface area contributed by atoms with Crippen LogP contribution in [0.15, 0.2) is 35.3 Å². The summed E-state index contributed by atoms with van der Waals surface area (Å²) < 4.78 is 0. The molecule has 3 rings (SSSR count). The number of aliphatic imine (C=N–C) groups is 1. The Kier molecular flexibility index (Phi) is 33.2. The average molecular weight is 1250 g/mol. The summed E-state index contributed by atoms with van der Waals surface area (Å²) >= 11 is 0. The number of carbonyl (C=O) groups excluding carboxylic acids is 10. The third-order valence-corrected chi connectivity index (χ3v) is 16.4. The Labute approximate surface area is 525 Å². The number of nitrogens with zero attached hydrogens (tertiary/aromatic N) is 4. The molecule has 2 heterocycles. The lowest BCUT2D eigenvalue weighted by Crippen LogP contribution is -2.61. The van der Waals surface area contributed by atoms with Gasteiger partial charge >= 0.3 is 5.97 Å². The fourth-order valence-corrected chi connectivity index (χ4v) is 11.2. The van der Waals surface area contributed by atoms with E-state index in [4.69, 9.17) is 17.2 Å². The summed E-state index contributed by atoms with van der Waals surface area (Å²) in [5, 5.41) is 37.3. The topological polar surface area (TPSA) is 401 Å². The lowest BCUT2D eigenvalue weighted by molar-refractivity contribution is -0.149. The van der Waals surface area contributed by atoms with Gasteiger partial charge in [-0.2, -0.15) is 0 Å². The molecule has 2 fully saturated rings. The first-order valence-corrected chi connectivity index (χ1v) is 32.1. The Bertz CT molecular complexity index is 2530. The molecular weight excluding hydrogens is 1150 g/mol. The van der Waals surface area contributed by atoms with E-state index >= 15 is 0 Å². The van der Waals surface area contributed by atoms with Gasteiger partial charge in [0, 0.05) is 52.5 Å². The number of carbonyl (C=O) groups is 11. The van der Waals surface area contributed by atoms with Gasteiger partial charge in [0.05, 0.1) is 18.4 Å². The van der Waals surface area contributed by atoms with E-state index in [0.717, 1.165) is 47.5 Å². The highest BCUT2D eigenvalue weighted by molar-refractivity contribution is 5.99. The van der Waals surface area contributed by atoms with Crippen LogP contribution in [0.25, 0.3) is 0 Å². The number of aliphatic hydroxyl groups excluding tert-OH is 1. The van der Waals surface area contributed by atoms with Gasteiger partial charge in [-0.25, -0.2) is 0 Å². The predicted octanol–water partition coefficient (Wildman–Crippen LogP) is 1.87. The van der Waals surface area contributed by atoms with Crippen molar-refractivity contribution < 1.29 is 63.0 Å². The Balaban J connectivity index is 1.90. The molecule has 0 aromatic heterocycles. The van der Waals surface area contributed by atoms with E-state index < -0.39 is 126 Å². The number of unbranched alkanes of at least 4 members (excludes halogenated alkanes) is 5. The molecule has 2 saturated heterocycles. The third kappa shape index (κ3) is 25.9. The minimum absolute atomic E-state index is 0.00222. The summed E-state index contributed by atoms with van der Waals surface area (Å²) in [6.45, 7) is 15.2. The van der Waals surface area contributed by atoms with Crippen LogP contribution in [0, 0.1) is 23.7 Å². The smallest absolute Gasteiger partial charge is 0.305 e. The van der Waals surface area contributed by atoms with Crippen molar-refractivity contribution in [2.75, 3.05) is 33.2 Å². The van der Waals surface area contributed by atoms with Crippen LogP contribution in [0.3, 0.4) is 0 Å². The largest absolute Gasteiger partial charge is 0.481 e. The number of piperidine rings is 1. The van der Waals surface area contributed by atoms with Gasteiger partial charge in [0.1, 0.15) is 48.3 Å². The van der Waals surface area contributed by atoms with Crippen molar-refractivity contribution in [1.29, 1.82) is 0 Å². The molecule has 0 radical (unpaired) electrons. The zero-order chi connectivity index (χ0) is 66.5. The summed E-state index contributed by atoms with van der Waals surface area (Å²) in [5.74, 6) is -10.00. The second-order valence-corrected chi connectivity index (χ2v) is 24.9. The number of carboxylic acid groups (broad SMARTS) is 1. The van der Waals surface area contributed by atoms with E-state index in [2.05, 4.69) is 43.8 Å². The number of rotatable bonds is 39. The Morgan fingerprint density at radius 1 is 0.674 bits per heavy atom. The standard InChI is InChI=1S/C63H105N13O13/c1-10-13-15-16-20-28-51(78)75-30-22-25-42(36-75)55(82)70-47(33-41-23-18-17-19-24-41)58(85)71-46(31-38(4)5)57(84)69-45(26-14-11-2)61(88)76-37-43(77)34-50(76)62(89)74(9)49(32-39(6)7)60(87)72-48(35-52(79)80)59(86)68-44(27-21-29-67-63(65)66)56(83)73-53(54(64)81)40(8)12-3/h17-19,23-24,38-40,42-50,53,77H,10-16,20-22,25-37H2,1-9H3,(H2,64,81)(H,68,86)(H,69,84)(H,70,82)(H,71,85)(H,72,87)(H,73,83)(H,79,80)(H4,65,66,67)/t40-,42-,43+,44-,45-,46+,47-,48-,49-,50-,53-/m0/s1. The van der Waals surface area contributed by atoms with Crippen LogP contribution in [0.5, 0.6) is 0 Å². The summed E-state index contributed by atoms with van der Waals surface area (Å²) in [7, 11) is 1.31. The molecule has 26 nitrogen and oxygen atoms in total. The maximum Gasteiger partial charge on any atom is 0.305 e. The number of benzene rings is 1. The van der Waals surface area contributed by atoms with Crippen LogP contribution in [0.1, 0.15) is 177 Å². The number of likely N-dealkylation sites (N-methyl/N-ethyl adjacent to an activating group) is 1. The number of nitrogens with one attached hydrogen (secondary N) is 6. The minimum atomic E-state index is -1.81. The fraction of sp³-hybridized carbons (Fsp3) is 0.714. The van der Waals surface area contributed by atoms with Gasteiger partial charge in [0.15, 0.2) is 5.96 Å². The number of likely N-dealkylation sites (tertiary alicyclic amines) is 2. The van der Waals surface area contributed by atoms with E-state index in [1.165, 1.54) is 7.05 Å². The van der Waals surface area contributed by atoms with Crippen LogP contribution in [0.2, 0.25) is 0 Å². The predicted molar refractivity (Wildman–Crippen MR) is 336 cm³/mol. The van der Waals surface area contributed by atoms with Crippen molar-refractivity contribution in [3.63, 3.8) is 0 Å². The summed E-state index contributed by atoms with van der Waals surface area (Å²) in [6.07, 6.45) is 5.98. The molecule has 0 aliphatic carbocycles. The van der Waals surface area contributed by atoms with Gasteiger partial charge in [0.25, 0.3) is 0 Å². The lowest BCUT2D eigenvalue weighted by atomic mass is 9.95. The Morgan fingerprint density at radius 2 is 1.26 bits per heavy atom. The highest BCUT2D eigenvalue weighted by Gasteiger charge is 2.45. The molecule has 14 N–H and O–H groups in total. The van der Waals surface area contributed by atoms with Gasteiger partial charge in [-0.3, -0.25) is 57.7 Å². The van der Waals surface area contributed by atoms with Gasteiger partial charge in [-0.05, 0) is 74.7 Å². The number of aliphatic carboxylic acids is 1. The molecule has 11 atom stereocenters. The molecule has 1 aromatic rings. The first-order valence-electron chi connectivity index (χ1n) is 32.1. The Hall–Kier alpha value is -7.38. The van der Waals surface area contributed by atoms with Gasteiger partial charge in [-0.15, -0.1) is 0 Å². The first kappa shape index (κ1) is 75.9. The minimum Gasteiger partial charge on any atom is -0.481 e. The SMILES string of the molecule is CCCCCCCC(=O)N1CCC[C@H](C(=O)N[C@@H](Cc2ccccc2)C(=O)N[C@H](CC(C)C)C(=O)N[C@@H](CCCC)C(=O)N2C[C@H](O)C[C@H]2C(=O)N(C)[C@@H](CC(C)C)C(=O)N[C@@H](CC(=O)O)C(=O)N[C@@H](CCCN=C(N)N)C(=O)N[C@H](C(N)=O)[C@@H](C)CC)C1. The summed E-state index contributed by atoms with van der Waals surface area (Å²) in [4.78, 5) is 161. The quantitative estimate of drug-likeness (QED) is 0.0255. The van der Waals surface area contributed by atoms with Crippen molar-refractivity contribution >= 4 is 71.0 Å². The molecule has 1 aromatic carbocycles. The maximum absolute atomic E-state index is 14.9. The van der Waals surface area contributed by atoms with Crippen molar-refractivity contribution in [2.24, 2.45) is 45.9 Å². The van der Waals surface area contributed by atoms with Crippen molar-refractivity contribution in [3.05, 3.63) is 35.9 Å². The molecule has 89 heavy (non-hydrogen) atoms. The van der Waals surface area contributed by atoms with Crippen LogP contribution < -0.4 is 49.1 Å². The lowest BCUT2D eigenvalue weighted by Gasteiger charge is -2.35. The molecule has 500 valence electrons. The summed E-state index contributed by atoms with van der Waals surface area (Å²) in [6, 6.07) is -1.56. The first-order chi connectivity index (χ1) is 42.1. The fourth-order valence-electron chi connectivity index (χ4n) is 11.2. The Morgan fingerprint density at radius 3 is 1.87 bits per heavy atom. The molecule has 0 saturated carbocycles. The van der Waals surface area contributed by atoms with Crippen molar-refractivity contribution in [2.45, 2.75) is 232 Å². The normalized spacial score (nSPS) is 18.4. The highest BCUT2D eigenvalue weighted by Crippen LogP contribution is 2.25. The van der Waals surface area contributed by atoms with Gasteiger partial charge in [0.2, 0.25) is 59.1 Å². The molecule has 10 amide bonds. The monoisotopic (exact) mass is 1250 g/mol. The van der Waals surface area contributed by atoms with Crippen molar-refractivity contribution in [3.8, 4) is 0 Å². The van der Waals surface area contributed by atoms with E-state index in [1.807, 2.05) is 51.1 Å². The number of β-amino-alcohol motifs (C(OH)–C–C–N with tert-alkyl or cyclic N) is 1. The number of primary amides is 1. The number of hydrogen-bond donors (Lipinski definition) is 11. The molecule has 2 aliphatic rings. The number of guanidine groups is 1. The van der Waals surface area contributed by atoms with Crippen LogP contribution in [-0.4, -0.2) is 184 Å². The van der Waals surface area contributed by atoms with E-state index in [-0.39, 0.29) is 94.2 Å². The second kappa shape index (κ2) is 38.9. The van der Waals surface area contributed by atoms with E-state index in [0.29, 0.717) is 45.1 Å². The number of carboxylic acids is 1. The zero-order valence-electron chi connectivity index (χ0n) is 54.1. The number of hydrogen-bond acceptors (Lipinski definition) is 13. The van der Waals surface area contributed by atoms with Gasteiger partial charge in [-0.1, -0.05) is 131 Å². The second-order valence-electron chi connectivity index (χ2n) is 24.9. The van der Waals surface area contributed by atoms with Crippen LogP contribution in [0.4, 0.5) is 0 Å². The number of aliphatic hydroxyl groups is 1. The molecule has 0 spiro atoms. The summed E-state index contributed by atoms with van der Waals surface area (Å²) in [5.41, 5.74) is 17.3. The maximum atomic E-state index is 14.9.